The lowest BCUT2D eigenvalue weighted by Gasteiger charge is -2.12. The van der Waals surface area contributed by atoms with E-state index in [4.69, 9.17) is 20.9 Å². The molecule has 2 aromatic rings. The van der Waals surface area contributed by atoms with E-state index in [0.717, 1.165) is 66.3 Å². The van der Waals surface area contributed by atoms with Crippen molar-refractivity contribution in [3.05, 3.63) is 22.7 Å². The summed E-state index contributed by atoms with van der Waals surface area (Å²) < 4.78 is 6.99. The first kappa shape index (κ1) is 25.9. The van der Waals surface area contributed by atoms with Gasteiger partial charge < -0.3 is 9.29 Å². The van der Waals surface area contributed by atoms with Crippen LogP contribution in [0.2, 0.25) is 5.02 Å². The zero-order valence-corrected chi connectivity index (χ0v) is 20.7. The molecule has 0 aliphatic carbocycles. The average Bonchev–Trinajstić information content (AvgIpc) is 3.13. The van der Waals surface area contributed by atoms with E-state index < -0.39 is 17.9 Å². The molecule has 0 aliphatic heterocycles. The topological polar surface area (TPSA) is 76.5 Å². The van der Waals surface area contributed by atoms with Crippen LogP contribution < -0.4 is 0 Å². The van der Waals surface area contributed by atoms with Gasteiger partial charge in [0.25, 0.3) is 0 Å². The monoisotopic (exact) mass is 485 g/mol. The highest BCUT2D eigenvalue weighted by Gasteiger charge is 2.24. The van der Waals surface area contributed by atoms with Gasteiger partial charge in [0, 0.05) is 5.02 Å². The molecule has 1 atom stereocenters. The molecule has 8 heteroatoms. The molecule has 1 N–H and O–H groups in total. The number of carboxylic acid groups (broad SMARTS) is 1. The number of carbonyl (C=O) groups is 2. The van der Waals surface area contributed by atoms with Crippen molar-refractivity contribution in [2.75, 3.05) is 0 Å². The minimum atomic E-state index is -0.979. The number of aromatic nitrogens is 1. The standard InChI is InChI=1S/C23H32ClNO4S2/c1-3-5-7-8-9-10-12-17(14-21(26)27)22(28)29-31-23-25-19-15-18(24)16(11-6-4-2)13-20(19)30-23/h13,15,17H,3-12,14H2,1-2H3,(H,26,27). The number of fused-ring (bicyclic) bond motifs is 1. The minimum Gasteiger partial charge on any atom is -0.481 e. The third kappa shape index (κ3) is 8.99. The van der Waals surface area contributed by atoms with Crippen molar-refractivity contribution in [3.8, 4) is 0 Å². The van der Waals surface area contributed by atoms with Gasteiger partial charge in [-0.05, 0) is 37.0 Å². The molecule has 0 saturated heterocycles. The largest absolute Gasteiger partial charge is 0.481 e. The van der Waals surface area contributed by atoms with E-state index in [0.29, 0.717) is 15.8 Å². The van der Waals surface area contributed by atoms with Gasteiger partial charge in [0.15, 0.2) is 4.34 Å². The third-order valence-electron chi connectivity index (χ3n) is 5.19. The number of carbonyl (C=O) groups excluding carboxylic acids is 1. The molecule has 0 saturated carbocycles. The Morgan fingerprint density at radius 1 is 1.13 bits per heavy atom. The Morgan fingerprint density at radius 3 is 2.55 bits per heavy atom. The van der Waals surface area contributed by atoms with Crippen molar-refractivity contribution in [1.29, 1.82) is 0 Å². The summed E-state index contributed by atoms with van der Waals surface area (Å²) in [6.45, 7) is 4.31. The molecule has 0 aliphatic rings. The second kappa shape index (κ2) is 14.0. The fourth-order valence-corrected chi connectivity index (χ4v) is 5.32. The van der Waals surface area contributed by atoms with Crippen molar-refractivity contribution in [2.24, 2.45) is 5.92 Å². The quantitative estimate of drug-likeness (QED) is 0.206. The lowest BCUT2D eigenvalue weighted by molar-refractivity contribution is -0.146. The molecule has 0 radical (unpaired) electrons. The number of thiazole rings is 1. The van der Waals surface area contributed by atoms with E-state index in [-0.39, 0.29) is 6.42 Å². The zero-order valence-electron chi connectivity index (χ0n) is 18.3. The zero-order chi connectivity index (χ0) is 22.6. The second-order valence-corrected chi connectivity index (χ2v) is 10.2. The van der Waals surface area contributed by atoms with E-state index >= 15 is 0 Å². The van der Waals surface area contributed by atoms with Crippen LogP contribution in [0.25, 0.3) is 10.2 Å². The predicted molar refractivity (Wildman–Crippen MR) is 129 cm³/mol. The van der Waals surface area contributed by atoms with Crippen molar-refractivity contribution in [1.82, 2.24) is 4.98 Å². The van der Waals surface area contributed by atoms with E-state index in [1.165, 1.54) is 30.6 Å². The molecule has 31 heavy (non-hydrogen) atoms. The molecule has 5 nitrogen and oxygen atoms in total. The maximum atomic E-state index is 12.5. The lowest BCUT2D eigenvalue weighted by Crippen LogP contribution is -2.19. The Kier molecular flexibility index (Phi) is 11.7. The first-order chi connectivity index (χ1) is 14.9. The highest BCUT2D eigenvalue weighted by molar-refractivity contribution is 7.97. The number of carboxylic acids is 1. The van der Waals surface area contributed by atoms with Crippen LogP contribution in [0.15, 0.2) is 16.5 Å². The SMILES string of the molecule is CCCCCCCCC(CC(=O)O)C(=O)OSc1nc2cc(Cl)c(CCCC)cc2s1. The third-order valence-corrected chi connectivity index (χ3v) is 7.29. The second-order valence-electron chi connectivity index (χ2n) is 7.83. The summed E-state index contributed by atoms with van der Waals surface area (Å²) in [5.41, 5.74) is 1.89. The van der Waals surface area contributed by atoms with Gasteiger partial charge in [-0.1, -0.05) is 70.4 Å². The highest BCUT2D eigenvalue weighted by atomic mass is 35.5. The lowest BCUT2D eigenvalue weighted by atomic mass is 9.97. The number of halogens is 1. The maximum Gasteiger partial charge on any atom is 0.321 e. The van der Waals surface area contributed by atoms with Gasteiger partial charge in [-0.2, -0.15) is 0 Å². The molecule has 0 amide bonds. The van der Waals surface area contributed by atoms with E-state index in [9.17, 15) is 9.59 Å². The van der Waals surface area contributed by atoms with E-state index in [1.807, 2.05) is 6.07 Å². The summed E-state index contributed by atoms with van der Waals surface area (Å²) in [4.78, 5) is 28.2. The molecule has 0 bridgehead atoms. The Labute approximate surface area is 198 Å². The highest BCUT2D eigenvalue weighted by Crippen LogP contribution is 2.34. The molecule has 172 valence electrons. The van der Waals surface area contributed by atoms with Gasteiger partial charge in [-0.15, -0.1) is 11.3 Å². The van der Waals surface area contributed by atoms with Crippen LogP contribution in [-0.2, 0) is 20.2 Å². The minimum absolute atomic E-state index is 0.204. The number of rotatable bonds is 15. The summed E-state index contributed by atoms with van der Waals surface area (Å²) in [6, 6.07) is 3.92. The van der Waals surface area contributed by atoms with Crippen LogP contribution in [0.3, 0.4) is 0 Å². The average molecular weight is 486 g/mol. The first-order valence-corrected chi connectivity index (χ1v) is 13.1. The van der Waals surface area contributed by atoms with Gasteiger partial charge in [0.1, 0.15) is 12.0 Å². The molecular weight excluding hydrogens is 454 g/mol. The van der Waals surface area contributed by atoms with Gasteiger partial charge in [-0.25, -0.2) is 4.98 Å². The number of aryl methyl sites for hydroxylation is 1. The summed E-state index contributed by atoms with van der Waals surface area (Å²) in [7, 11) is 0. The summed E-state index contributed by atoms with van der Waals surface area (Å²) in [5, 5.41) is 9.87. The number of benzene rings is 1. The summed E-state index contributed by atoms with van der Waals surface area (Å²) in [5.74, 6) is -2.09. The van der Waals surface area contributed by atoms with Crippen LogP contribution in [0, 0.1) is 5.92 Å². The Morgan fingerprint density at radius 2 is 1.84 bits per heavy atom. The van der Waals surface area contributed by atoms with Gasteiger partial charge in [0.05, 0.1) is 22.6 Å². The van der Waals surface area contributed by atoms with Crippen molar-refractivity contribution in [3.63, 3.8) is 0 Å². The van der Waals surface area contributed by atoms with Gasteiger partial charge >= 0.3 is 11.9 Å². The number of hydrogen-bond acceptors (Lipinski definition) is 6. The normalized spacial score (nSPS) is 12.2. The van der Waals surface area contributed by atoms with Crippen LogP contribution >= 0.6 is 35.0 Å². The van der Waals surface area contributed by atoms with E-state index in [2.05, 4.69) is 24.9 Å². The Balaban J connectivity index is 1.92. The van der Waals surface area contributed by atoms with Crippen LogP contribution in [-0.4, -0.2) is 22.0 Å². The molecule has 1 aromatic carbocycles. The predicted octanol–water partition coefficient (Wildman–Crippen LogP) is 7.68. The molecule has 1 unspecified atom stereocenters. The molecule has 1 heterocycles. The molecule has 1 aromatic heterocycles. The molecular formula is C23H32ClNO4S2. The van der Waals surface area contributed by atoms with Crippen LogP contribution in [0.5, 0.6) is 0 Å². The van der Waals surface area contributed by atoms with Crippen molar-refractivity contribution < 1.29 is 18.9 Å². The maximum absolute atomic E-state index is 12.5. The number of hydrogen-bond donors (Lipinski definition) is 1. The summed E-state index contributed by atoms with van der Waals surface area (Å²) in [6.07, 6.45) is 9.98. The fourth-order valence-electron chi connectivity index (χ4n) is 3.39. The van der Waals surface area contributed by atoms with Crippen molar-refractivity contribution >= 4 is 57.1 Å². The Hall–Kier alpha value is -1.31. The van der Waals surface area contributed by atoms with Crippen molar-refractivity contribution in [2.45, 2.75) is 88.8 Å². The Bertz CT molecular complexity index is 855. The molecule has 0 spiro atoms. The number of nitrogens with zero attached hydrogens (tertiary/aromatic N) is 1. The number of unbranched alkanes of at least 4 members (excludes halogenated alkanes) is 6. The van der Waals surface area contributed by atoms with Gasteiger partial charge in [-0.3, -0.25) is 9.59 Å². The fraction of sp³-hybridized carbons (Fsp3) is 0.609. The van der Waals surface area contributed by atoms with Crippen LogP contribution in [0.4, 0.5) is 0 Å². The van der Waals surface area contributed by atoms with Gasteiger partial charge in [0.2, 0.25) is 0 Å². The first-order valence-electron chi connectivity index (χ1n) is 11.1. The molecule has 0 fully saturated rings. The summed E-state index contributed by atoms with van der Waals surface area (Å²) >= 11 is 8.73. The van der Waals surface area contributed by atoms with Crippen LogP contribution in [0.1, 0.15) is 83.6 Å². The number of aliphatic carboxylic acids is 1. The smallest absolute Gasteiger partial charge is 0.321 e. The molecule has 2 rings (SSSR count). The van der Waals surface area contributed by atoms with E-state index in [1.54, 1.807) is 0 Å².